The van der Waals surface area contributed by atoms with Crippen LogP contribution < -0.4 is 0 Å². The van der Waals surface area contributed by atoms with E-state index in [1.807, 2.05) is 4.68 Å². The van der Waals surface area contributed by atoms with Crippen LogP contribution in [0.15, 0.2) is 53.5 Å². The lowest BCUT2D eigenvalue weighted by molar-refractivity contribution is -0.127. The number of aromatic hydroxyl groups is 1. The smallest absolute Gasteiger partial charge is 0.254 e. The molecule has 0 fully saturated rings. The molecule has 1 aromatic heterocycles. The molecule has 3 heterocycles. The first kappa shape index (κ1) is 27.1. The van der Waals surface area contributed by atoms with E-state index >= 15 is 0 Å². The molecule has 2 aromatic carbocycles. The number of phenols is 1. The number of carbonyl (C=O) groups excluding carboxylic acids is 2. The predicted octanol–water partition coefficient (Wildman–Crippen LogP) is 5.06. The van der Waals surface area contributed by atoms with E-state index in [9.17, 15) is 14.7 Å². The molecule has 5 rings (SSSR count). The maximum atomic E-state index is 13.9. The summed E-state index contributed by atoms with van der Waals surface area (Å²) in [5.74, 6) is -0.00802. The molecule has 0 saturated heterocycles. The number of benzene rings is 2. The number of hydrogen-bond donors (Lipinski definition) is 1. The number of hydrogen-bond acceptors (Lipinski definition) is 5. The van der Waals surface area contributed by atoms with Crippen LogP contribution in [0.1, 0.15) is 64.2 Å². The maximum Gasteiger partial charge on any atom is 0.254 e. The van der Waals surface area contributed by atoms with Crippen LogP contribution in [-0.2, 0) is 22.6 Å². The normalized spacial score (nSPS) is 17.3. The molecule has 2 amide bonds. The molecule has 3 aromatic rings. The number of ether oxygens (including phenoxy) is 1. The van der Waals surface area contributed by atoms with E-state index < -0.39 is 6.04 Å². The van der Waals surface area contributed by atoms with E-state index in [4.69, 9.17) is 9.84 Å². The van der Waals surface area contributed by atoms with Gasteiger partial charge in [0.2, 0.25) is 5.91 Å². The Morgan fingerprint density at radius 1 is 1.21 bits per heavy atom. The number of halogens is 1. The highest BCUT2D eigenvalue weighted by atomic mass is 79.9. The van der Waals surface area contributed by atoms with E-state index in [0.717, 1.165) is 28.2 Å². The van der Waals surface area contributed by atoms with E-state index in [2.05, 4.69) is 61.5 Å². The first-order chi connectivity index (χ1) is 18.7. The van der Waals surface area contributed by atoms with E-state index in [0.29, 0.717) is 48.6 Å². The van der Waals surface area contributed by atoms with Gasteiger partial charge in [0.1, 0.15) is 5.75 Å². The summed E-state index contributed by atoms with van der Waals surface area (Å²) in [5.41, 5.74) is 6.48. The molecule has 0 saturated carbocycles. The second-order valence-corrected chi connectivity index (χ2v) is 11.2. The van der Waals surface area contributed by atoms with Gasteiger partial charge >= 0.3 is 0 Å². The Morgan fingerprint density at radius 2 is 2.00 bits per heavy atom. The first-order valence-electron chi connectivity index (χ1n) is 13.2. The number of aryl methyl sites for hydroxylation is 1. The van der Waals surface area contributed by atoms with Crippen molar-refractivity contribution >= 4 is 27.7 Å². The zero-order chi connectivity index (χ0) is 27.8. The number of amides is 2. The van der Waals surface area contributed by atoms with Gasteiger partial charge in [-0.3, -0.25) is 9.59 Å². The third-order valence-corrected chi connectivity index (χ3v) is 8.26. The Balaban J connectivity index is 1.63. The van der Waals surface area contributed by atoms with Crippen LogP contribution in [0, 0.1) is 6.92 Å². The molecule has 2 aliphatic rings. The fourth-order valence-corrected chi connectivity index (χ4v) is 5.72. The van der Waals surface area contributed by atoms with Gasteiger partial charge in [-0.15, -0.1) is 0 Å². The second-order valence-electron chi connectivity index (χ2n) is 10.4. The molecular formula is C30H33BrN4O4. The van der Waals surface area contributed by atoms with Crippen molar-refractivity contribution in [3.8, 4) is 11.4 Å². The summed E-state index contributed by atoms with van der Waals surface area (Å²) in [7, 11) is 0. The third-order valence-electron chi connectivity index (χ3n) is 7.59. The van der Waals surface area contributed by atoms with Crippen molar-refractivity contribution in [1.29, 1.82) is 0 Å². The maximum absolute atomic E-state index is 13.9. The van der Waals surface area contributed by atoms with Crippen LogP contribution in [-0.4, -0.2) is 62.7 Å². The molecule has 0 unspecified atom stereocenters. The second kappa shape index (κ2) is 11.0. The lowest BCUT2D eigenvalue weighted by Gasteiger charge is -2.38. The van der Waals surface area contributed by atoms with E-state index in [-0.39, 0.29) is 24.2 Å². The van der Waals surface area contributed by atoms with Gasteiger partial charge in [0, 0.05) is 37.2 Å². The van der Waals surface area contributed by atoms with Crippen LogP contribution in [0.25, 0.3) is 5.69 Å². The lowest BCUT2D eigenvalue weighted by Crippen LogP contribution is -2.47. The lowest BCUT2D eigenvalue weighted by atomic mass is 9.94. The average molecular weight is 594 g/mol. The highest BCUT2D eigenvalue weighted by Crippen LogP contribution is 2.38. The molecule has 9 heteroatoms. The van der Waals surface area contributed by atoms with Crippen molar-refractivity contribution in [3.63, 3.8) is 0 Å². The molecular weight excluding hydrogens is 560 g/mol. The highest BCUT2D eigenvalue weighted by molar-refractivity contribution is 9.10. The molecule has 0 bridgehead atoms. The van der Waals surface area contributed by atoms with Gasteiger partial charge in [0.25, 0.3) is 5.91 Å². The zero-order valence-electron chi connectivity index (χ0n) is 22.5. The molecule has 0 radical (unpaired) electrons. The summed E-state index contributed by atoms with van der Waals surface area (Å²) in [5, 5.41) is 15.3. The summed E-state index contributed by atoms with van der Waals surface area (Å²) < 4.78 is 8.48. The SMILES string of the molecule is C=CC(=O)N1CCOCc2nn(-c3ccc(C(C)C)cc3C)c3c2[C@@H](C1)N(C(=O)c1ccc(Br)c(O)c1)CC3. The molecule has 204 valence electrons. The summed E-state index contributed by atoms with van der Waals surface area (Å²) in [6.07, 6.45) is 1.89. The third kappa shape index (κ3) is 5.13. The van der Waals surface area contributed by atoms with Gasteiger partial charge in [-0.05, 0) is 70.2 Å². The number of phenolic OH excluding ortho intramolecular Hbond substituents is 1. The van der Waals surface area contributed by atoms with E-state index in [1.54, 1.807) is 21.9 Å². The van der Waals surface area contributed by atoms with Gasteiger partial charge < -0.3 is 19.6 Å². The van der Waals surface area contributed by atoms with Gasteiger partial charge in [0.15, 0.2) is 0 Å². The standard InChI is InChI=1S/C30H33BrN4O4/c1-5-28(37)33-12-13-39-17-23-29-25(35(32-23)24-9-7-20(18(2)3)14-19(24)4)10-11-34(26(29)16-33)30(38)21-6-8-22(31)27(36)15-21/h5-9,14-15,18,26,36H,1,10-13,16-17H2,2-4H3/t26-/m1/s1. The van der Waals surface area contributed by atoms with Crippen molar-refractivity contribution in [2.75, 3.05) is 26.2 Å². The molecule has 2 aliphatic heterocycles. The van der Waals surface area contributed by atoms with Crippen LogP contribution >= 0.6 is 15.9 Å². The fourth-order valence-electron chi connectivity index (χ4n) is 5.48. The number of nitrogens with zero attached hydrogens (tertiary/aromatic N) is 4. The monoisotopic (exact) mass is 592 g/mol. The number of rotatable bonds is 4. The molecule has 0 spiro atoms. The Labute approximate surface area is 237 Å². The zero-order valence-corrected chi connectivity index (χ0v) is 24.1. The topological polar surface area (TPSA) is 87.9 Å². The fraction of sp³-hybridized carbons (Fsp3) is 0.367. The van der Waals surface area contributed by atoms with Gasteiger partial charge in [-0.1, -0.05) is 32.6 Å². The van der Waals surface area contributed by atoms with Gasteiger partial charge in [0.05, 0.1) is 40.8 Å². The van der Waals surface area contributed by atoms with Crippen molar-refractivity contribution in [3.05, 3.63) is 87.2 Å². The number of carbonyl (C=O) groups is 2. The van der Waals surface area contributed by atoms with Crippen LogP contribution in [0.5, 0.6) is 5.75 Å². The molecule has 8 nitrogen and oxygen atoms in total. The van der Waals surface area contributed by atoms with Crippen molar-refractivity contribution in [2.45, 2.75) is 45.8 Å². The average Bonchev–Trinajstić information content (AvgIpc) is 3.32. The largest absolute Gasteiger partial charge is 0.507 e. The van der Waals surface area contributed by atoms with Gasteiger partial charge in [-0.2, -0.15) is 5.10 Å². The van der Waals surface area contributed by atoms with Crippen LogP contribution in [0.4, 0.5) is 0 Å². The van der Waals surface area contributed by atoms with Crippen LogP contribution in [0.3, 0.4) is 0 Å². The Hall–Kier alpha value is -3.43. The number of aromatic nitrogens is 2. The minimum absolute atomic E-state index is 0.00120. The quantitative estimate of drug-likeness (QED) is 0.428. The summed E-state index contributed by atoms with van der Waals surface area (Å²) in [6, 6.07) is 10.8. The molecule has 39 heavy (non-hydrogen) atoms. The summed E-state index contributed by atoms with van der Waals surface area (Å²) in [6.45, 7) is 11.9. The molecule has 0 aliphatic carbocycles. The molecule has 1 atom stereocenters. The summed E-state index contributed by atoms with van der Waals surface area (Å²) >= 11 is 3.29. The Bertz CT molecular complexity index is 1450. The van der Waals surface area contributed by atoms with Gasteiger partial charge in [-0.25, -0.2) is 4.68 Å². The predicted molar refractivity (Wildman–Crippen MR) is 152 cm³/mol. The Morgan fingerprint density at radius 3 is 2.69 bits per heavy atom. The first-order valence-corrected chi connectivity index (χ1v) is 14.0. The van der Waals surface area contributed by atoms with E-state index in [1.165, 1.54) is 17.7 Å². The molecule has 1 N–H and O–H groups in total. The minimum atomic E-state index is -0.434. The van der Waals surface area contributed by atoms with Crippen molar-refractivity contribution in [1.82, 2.24) is 19.6 Å². The van der Waals surface area contributed by atoms with Crippen molar-refractivity contribution < 1.29 is 19.4 Å². The minimum Gasteiger partial charge on any atom is -0.507 e. The Kier molecular flexibility index (Phi) is 7.64. The summed E-state index contributed by atoms with van der Waals surface area (Å²) in [4.78, 5) is 30.1. The van der Waals surface area contributed by atoms with Crippen LogP contribution in [0.2, 0.25) is 0 Å². The van der Waals surface area contributed by atoms with Crippen molar-refractivity contribution in [2.24, 2.45) is 0 Å². The highest BCUT2D eigenvalue weighted by Gasteiger charge is 2.39.